The third-order valence-corrected chi connectivity index (χ3v) is 2.45. The summed E-state index contributed by atoms with van der Waals surface area (Å²) in [5.41, 5.74) is 0.381. The summed E-state index contributed by atoms with van der Waals surface area (Å²) in [6, 6.07) is 5.45. The van der Waals surface area contributed by atoms with Gasteiger partial charge in [-0.2, -0.15) is 4.98 Å². The van der Waals surface area contributed by atoms with E-state index in [1.54, 1.807) is 6.92 Å². The summed E-state index contributed by atoms with van der Waals surface area (Å²) in [5, 5.41) is 0. The SMILES string of the molecule is CCc1nc(Oc2ccc(F)cc2C)cc(=O)[nH]1. The average molecular weight is 248 g/mol. The third kappa shape index (κ3) is 2.74. The van der Waals surface area contributed by atoms with Crippen molar-refractivity contribution in [2.75, 3.05) is 0 Å². The molecule has 0 aliphatic heterocycles. The molecule has 0 aliphatic carbocycles. The second-order valence-electron chi connectivity index (χ2n) is 3.90. The molecule has 94 valence electrons. The van der Waals surface area contributed by atoms with Crippen molar-refractivity contribution in [1.29, 1.82) is 0 Å². The molecule has 0 saturated carbocycles. The van der Waals surface area contributed by atoms with E-state index in [9.17, 15) is 9.18 Å². The van der Waals surface area contributed by atoms with E-state index in [2.05, 4.69) is 9.97 Å². The zero-order valence-electron chi connectivity index (χ0n) is 10.2. The maximum Gasteiger partial charge on any atom is 0.254 e. The third-order valence-electron chi connectivity index (χ3n) is 2.45. The van der Waals surface area contributed by atoms with Crippen LogP contribution >= 0.6 is 0 Å². The molecule has 2 rings (SSSR count). The molecular weight excluding hydrogens is 235 g/mol. The van der Waals surface area contributed by atoms with Gasteiger partial charge in [-0.3, -0.25) is 4.79 Å². The lowest BCUT2D eigenvalue weighted by Gasteiger charge is -2.08. The molecule has 4 nitrogen and oxygen atoms in total. The Balaban J connectivity index is 2.33. The standard InChI is InChI=1S/C13H13FN2O2/c1-3-11-15-12(17)7-13(16-11)18-10-5-4-9(14)6-8(10)2/h4-7H,3H2,1-2H3,(H,15,16,17). The molecule has 0 aliphatic rings. The van der Waals surface area contributed by atoms with Gasteiger partial charge in [0.05, 0.1) is 6.07 Å². The van der Waals surface area contributed by atoms with Crippen LogP contribution < -0.4 is 10.3 Å². The van der Waals surface area contributed by atoms with Gasteiger partial charge in [-0.15, -0.1) is 0 Å². The maximum absolute atomic E-state index is 12.9. The first-order chi connectivity index (χ1) is 8.58. The van der Waals surface area contributed by atoms with Crippen LogP contribution in [0.5, 0.6) is 11.6 Å². The number of aryl methyl sites for hydroxylation is 2. The van der Waals surface area contributed by atoms with Gasteiger partial charge in [-0.05, 0) is 30.7 Å². The average Bonchev–Trinajstić information content (AvgIpc) is 2.32. The Hall–Kier alpha value is -2.17. The topological polar surface area (TPSA) is 55.0 Å². The van der Waals surface area contributed by atoms with Gasteiger partial charge in [-0.25, -0.2) is 4.39 Å². The number of hydrogen-bond donors (Lipinski definition) is 1. The van der Waals surface area contributed by atoms with Crippen molar-refractivity contribution in [2.45, 2.75) is 20.3 Å². The van der Waals surface area contributed by atoms with Gasteiger partial charge >= 0.3 is 0 Å². The van der Waals surface area contributed by atoms with Crippen LogP contribution in [-0.4, -0.2) is 9.97 Å². The van der Waals surface area contributed by atoms with E-state index in [0.717, 1.165) is 0 Å². The molecule has 0 unspecified atom stereocenters. The highest BCUT2D eigenvalue weighted by Gasteiger charge is 2.06. The number of nitrogens with zero attached hydrogens (tertiary/aromatic N) is 1. The Bertz CT molecular complexity index is 623. The van der Waals surface area contributed by atoms with Gasteiger partial charge < -0.3 is 9.72 Å². The quantitative estimate of drug-likeness (QED) is 0.908. The fourth-order valence-corrected chi connectivity index (χ4v) is 1.54. The number of aromatic amines is 1. The molecular formula is C13H13FN2O2. The molecule has 0 fully saturated rings. The van der Waals surface area contributed by atoms with Crippen LogP contribution in [0.25, 0.3) is 0 Å². The number of H-pyrrole nitrogens is 1. The van der Waals surface area contributed by atoms with Gasteiger partial charge in [-0.1, -0.05) is 6.92 Å². The molecule has 5 heteroatoms. The summed E-state index contributed by atoms with van der Waals surface area (Å²) in [6.45, 7) is 3.61. The first-order valence-corrected chi connectivity index (χ1v) is 5.62. The summed E-state index contributed by atoms with van der Waals surface area (Å²) in [6.07, 6.45) is 0.606. The van der Waals surface area contributed by atoms with Gasteiger partial charge in [0.2, 0.25) is 5.88 Å². The highest BCUT2D eigenvalue weighted by atomic mass is 19.1. The molecule has 0 amide bonds. The molecule has 18 heavy (non-hydrogen) atoms. The molecule has 1 N–H and O–H groups in total. The fraction of sp³-hybridized carbons (Fsp3) is 0.231. The summed E-state index contributed by atoms with van der Waals surface area (Å²) in [7, 11) is 0. The summed E-state index contributed by atoms with van der Waals surface area (Å²) in [5.74, 6) is 0.923. The molecule has 1 aromatic heterocycles. The van der Waals surface area contributed by atoms with Crippen LogP contribution in [0.1, 0.15) is 18.3 Å². The van der Waals surface area contributed by atoms with Crippen LogP contribution in [0.2, 0.25) is 0 Å². The predicted octanol–water partition coefficient (Wildman–Crippen LogP) is 2.57. The van der Waals surface area contributed by atoms with E-state index in [1.807, 2.05) is 6.92 Å². The Morgan fingerprint density at radius 2 is 2.17 bits per heavy atom. The molecule has 0 atom stereocenters. The smallest absolute Gasteiger partial charge is 0.254 e. The Morgan fingerprint density at radius 1 is 1.39 bits per heavy atom. The van der Waals surface area contributed by atoms with E-state index < -0.39 is 0 Å². The molecule has 1 aromatic carbocycles. The van der Waals surface area contributed by atoms with E-state index in [0.29, 0.717) is 23.6 Å². The van der Waals surface area contributed by atoms with E-state index >= 15 is 0 Å². The number of aromatic nitrogens is 2. The molecule has 0 bridgehead atoms. The molecule has 0 saturated heterocycles. The number of ether oxygens (including phenoxy) is 1. The summed E-state index contributed by atoms with van der Waals surface area (Å²) in [4.78, 5) is 18.1. The monoisotopic (exact) mass is 248 g/mol. The van der Waals surface area contributed by atoms with Crippen molar-refractivity contribution in [3.05, 3.63) is 51.8 Å². The highest BCUT2D eigenvalue weighted by molar-refractivity contribution is 5.35. The zero-order chi connectivity index (χ0) is 13.1. The first kappa shape index (κ1) is 12.3. The summed E-state index contributed by atoms with van der Waals surface area (Å²) >= 11 is 0. The van der Waals surface area contributed by atoms with Gasteiger partial charge in [0.1, 0.15) is 17.4 Å². The van der Waals surface area contributed by atoms with Crippen LogP contribution in [0.15, 0.2) is 29.1 Å². The summed E-state index contributed by atoms with van der Waals surface area (Å²) < 4.78 is 18.4. The Kier molecular flexibility index (Phi) is 3.41. The van der Waals surface area contributed by atoms with Crippen molar-refractivity contribution in [3.63, 3.8) is 0 Å². The molecule has 1 heterocycles. The van der Waals surface area contributed by atoms with E-state index in [-0.39, 0.29) is 17.3 Å². The van der Waals surface area contributed by atoms with Crippen LogP contribution in [0.4, 0.5) is 4.39 Å². The van der Waals surface area contributed by atoms with E-state index in [1.165, 1.54) is 24.3 Å². The van der Waals surface area contributed by atoms with Crippen LogP contribution in [0.3, 0.4) is 0 Å². The largest absolute Gasteiger partial charge is 0.438 e. The Labute approximate surface area is 103 Å². The minimum absolute atomic E-state index is 0.213. The van der Waals surface area contributed by atoms with Gasteiger partial charge in [0.15, 0.2) is 0 Å². The lowest BCUT2D eigenvalue weighted by molar-refractivity contribution is 0.452. The van der Waals surface area contributed by atoms with Gasteiger partial charge in [0.25, 0.3) is 5.56 Å². The number of rotatable bonds is 3. The Morgan fingerprint density at radius 3 is 2.83 bits per heavy atom. The predicted molar refractivity (Wildman–Crippen MR) is 65.4 cm³/mol. The normalized spacial score (nSPS) is 10.4. The van der Waals surface area contributed by atoms with Crippen molar-refractivity contribution in [1.82, 2.24) is 9.97 Å². The molecule has 0 spiro atoms. The zero-order valence-corrected chi connectivity index (χ0v) is 10.2. The number of nitrogens with one attached hydrogen (secondary N) is 1. The minimum atomic E-state index is -0.326. The number of halogens is 1. The lowest BCUT2D eigenvalue weighted by atomic mass is 10.2. The number of hydrogen-bond acceptors (Lipinski definition) is 3. The lowest BCUT2D eigenvalue weighted by Crippen LogP contribution is -2.10. The van der Waals surface area contributed by atoms with Crippen LogP contribution in [-0.2, 0) is 6.42 Å². The number of benzene rings is 1. The maximum atomic E-state index is 12.9. The van der Waals surface area contributed by atoms with Crippen molar-refractivity contribution in [2.24, 2.45) is 0 Å². The molecule has 2 aromatic rings. The fourth-order valence-electron chi connectivity index (χ4n) is 1.54. The van der Waals surface area contributed by atoms with Gasteiger partial charge in [0, 0.05) is 6.42 Å². The second kappa shape index (κ2) is 5.00. The minimum Gasteiger partial charge on any atom is -0.438 e. The van der Waals surface area contributed by atoms with Crippen LogP contribution in [0, 0.1) is 12.7 Å². The highest BCUT2D eigenvalue weighted by Crippen LogP contribution is 2.23. The second-order valence-corrected chi connectivity index (χ2v) is 3.90. The van der Waals surface area contributed by atoms with Crippen molar-refractivity contribution >= 4 is 0 Å². The first-order valence-electron chi connectivity index (χ1n) is 5.62. The van der Waals surface area contributed by atoms with Crippen molar-refractivity contribution in [3.8, 4) is 11.6 Å². The van der Waals surface area contributed by atoms with Crippen molar-refractivity contribution < 1.29 is 9.13 Å². The van der Waals surface area contributed by atoms with E-state index in [4.69, 9.17) is 4.74 Å². The molecule has 0 radical (unpaired) electrons.